The van der Waals surface area contributed by atoms with E-state index >= 15 is 0 Å². The lowest BCUT2D eigenvalue weighted by molar-refractivity contribution is 0.389. The molecule has 0 bridgehead atoms. The summed E-state index contributed by atoms with van der Waals surface area (Å²) in [5, 5.41) is 3.09. The molecule has 1 aromatic heterocycles. The Morgan fingerprint density at radius 1 is 1.00 bits per heavy atom. The fraction of sp³-hybridized carbons (Fsp3) is 0.250. The van der Waals surface area contributed by atoms with Gasteiger partial charge in [-0.25, -0.2) is 0 Å². The van der Waals surface area contributed by atoms with Crippen molar-refractivity contribution in [1.82, 2.24) is 9.47 Å². The first-order valence-electron chi connectivity index (χ1n) is 6.68. The molecule has 2 N–H and O–H groups in total. The first kappa shape index (κ1) is 18.9. The van der Waals surface area contributed by atoms with Crippen molar-refractivity contribution >= 4 is 63.9 Å². The normalized spacial score (nSPS) is 10.7. The van der Waals surface area contributed by atoms with E-state index in [0.29, 0.717) is 0 Å². The molecule has 120 valence electrons. The van der Waals surface area contributed by atoms with Gasteiger partial charge >= 0.3 is 0 Å². The van der Waals surface area contributed by atoms with Gasteiger partial charge in [-0.1, -0.05) is 11.6 Å². The summed E-state index contributed by atoms with van der Waals surface area (Å²) >= 11 is 6.15. The monoisotopic (exact) mass is 359 g/mol. The zero-order chi connectivity index (χ0) is 14.3. The first-order valence-corrected chi connectivity index (χ1v) is 7.06. The number of aromatic nitrogens is 1. The molecule has 2 aromatic carbocycles. The number of nitrogen functional groups attached to an aromatic ring is 1. The van der Waals surface area contributed by atoms with Crippen LogP contribution in [0.2, 0.25) is 5.02 Å². The van der Waals surface area contributed by atoms with Gasteiger partial charge in [0, 0.05) is 45.6 Å². The lowest BCUT2D eigenvalue weighted by Gasteiger charge is -2.12. The zero-order valence-corrected chi connectivity index (χ0v) is 14.9. The third kappa shape index (κ3) is 3.44. The molecule has 3 nitrogen and oxygen atoms in total. The summed E-state index contributed by atoms with van der Waals surface area (Å²) in [7, 11) is 4.17. The van der Waals surface area contributed by atoms with E-state index in [-0.39, 0.29) is 24.8 Å². The standard InChI is InChI=1S/C16H18ClN3.2ClH/c1-19(2)7-8-20-15-5-3-11(17)9-13(15)14-10-12(18)4-6-16(14)20;;/h3-6,9-10H,7-8,18H2,1-2H3;2*1H. The second-order valence-corrected chi connectivity index (χ2v) is 5.83. The van der Waals surface area contributed by atoms with Crippen molar-refractivity contribution in [2.75, 3.05) is 26.4 Å². The van der Waals surface area contributed by atoms with E-state index in [9.17, 15) is 0 Å². The van der Waals surface area contributed by atoms with Crippen LogP contribution >= 0.6 is 36.4 Å². The molecule has 0 aliphatic carbocycles. The van der Waals surface area contributed by atoms with Gasteiger partial charge in [0.15, 0.2) is 0 Å². The molecule has 0 fully saturated rings. The van der Waals surface area contributed by atoms with Crippen LogP contribution in [0, 0.1) is 0 Å². The minimum atomic E-state index is 0. The summed E-state index contributed by atoms with van der Waals surface area (Å²) in [6, 6.07) is 12.1. The molecule has 3 rings (SSSR count). The van der Waals surface area contributed by atoms with E-state index in [4.69, 9.17) is 17.3 Å². The molecular weight excluding hydrogens is 341 g/mol. The van der Waals surface area contributed by atoms with E-state index in [0.717, 1.165) is 23.8 Å². The average Bonchev–Trinajstić information content (AvgIpc) is 2.69. The number of hydrogen-bond donors (Lipinski definition) is 1. The maximum atomic E-state index is 6.15. The van der Waals surface area contributed by atoms with Crippen LogP contribution in [-0.2, 0) is 6.54 Å². The summed E-state index contributed by atoms with van der Waals surface area (Å²) in [5.74, 6) is 0. The minimum Gasteiger partial charge on any atom is -0.399 e. The molecule has 0 saturated carbocycles. The van der Waals surface area contributed by atoms with Gasteiger partial charge in [-0.3, -0.25) is 0 Å². The highest BCUT2D eigenvalue weighted by Crippen LogP contribution is 2.32. The molecule has 0 saturated heterocycles. The van der Waals surface area contributed by atoms with Gasteiger partial charge in [0.05, 0.1) is 0 Å². The molecule has 0 aliphatic heterocycles. The highest BCUT2D eigenvalue weighted by atomic mass is 35.5. The van der Waals surface area contributed by atoms with Crippen molar-refractivity contribution in [3.8, 4) is 0 Å². The third-order valence-corrected chi connectivity index (χ3v) is 3.86. The van der Waals surface area contributed by atoms with Gasteiger partial charge in [-0.15, -0.1) is 24.8 Å². The Morgan fingerprint density at radius 3 is 2.23 bits per heavy atom. The van der Waals surface area contributed by atoms with E-state index in [2.05, 4.69) is 35.7 Å². The number of rotatable bonds is 3. The average molecular weight is 361 g/mol. The van der Waals surface area contributed by atoms with Crippen LogP contribution in [0.1, 0.15) is 0 Å². The maximum Gasteiger partial charge on any atom is 0.0493 e. The molecule has 0 spiro atoms. The Kier molecular flexibility index (Phi) is 6.38. The first-order chi connectivity index (χ1) is 9.56. The Balaban J connectivity index is 0.00000121. The number of anilines is 1. The maximum absolute atomic E-state index is 6.15. The number of fused-ring (bicyclic) bond motifs is 3. The fourth-order valence-electron chi connectivity index (χ4n) is 2.63. The number of halogens is 3. The Hall–Kier alpha value is -1.13. The SMILES string of the molecule is CN(C)CCn1c2ccc(N)cc2c2cc(Cl)ccc21.Cl.Cl. The van der Waals surface area contributed by atoms with E-state index in [1.165, 1.54) is 21.8 Å². The van der Waals surface area contributed by atoms with Crippen molar-refractivity contribution in [2.24, 2.45) is 0 Å². The number of nitrogens with zero attached hydrogens (tertiary/aromatic N) is 2. The highest BCUT2D eigenvalue weighted by molar-refractivity contribution is 6.31. The Labute approximate surface area is 147 Å². The van der Waals surface area contributed by atoms with E-state index in [1.807, 2.05) is 24.3 Å². The third-order valence-electron chi connectivity index (χ3n) is 3.62. The van der Waals surface area contributed by atoms with E-state index in [1.54, 1.807) is 0 Å². The van der Waals surface area contributed by atoms with Gasteiger partial charge in [0.2, 0.25) is 0 Å². The molecule has 1 heterocycles. The predicted molar refractivity (Wildman–Crippen MR) is 102 cm³/mol. The summed E-state index contributed by atoms with van der Waals surface area (Å²) in [6.45, 7) is 1.93. The predicted octanol–water partition coefficient (Wildman–Crippen LogP) is 4.44. The molecule has 6 heteroatoms. The molecule has 3 aromatic rings. The van der Waals surface area contributed by atoms with Crippen LogP contribution in [0.4, 0.5) is 5.69 Å². The van der Waals surface area contributed by atoms with Crippen LogP contribution in [0.25, 0.3) is 21.8 Å². The zero-order valence-electron chi connectivity index (χ0n) is 12.5. The lowest BCUT2D eigenvalue weighted by atomic mass is 10.1. The van der Waals surface area contributed by atoms with Crippen LogP contribution < -0.4 is 5.73 Å². The molecule has 0 radical (unpaired) electrons. The van der Waals surface area contributed by atoms with Crippen molar-refractivity contribution in [3.63, 3.8) is 0 Å². The van der Waals surface area contributed by atoms with Crippen LogP contribution in [0.15, 0.2) is 36.4 Å². The lowest BCUT2D eigenvalue weighted by Crippen LogP contribution is -2.18. The van der Waals surface area contributed by atoms with Crippen molar-refractivity contribution in [1.29, 1.82) is 0 Å². The second kappa shape index (κ2) is 7.42. The van der Waals surface area contributed by atoms with Crippen LogP contribution in [0.3, 0.4) is 0 Å². The quantitative estimate of drug-likeness (QED) is 0.701. The van der Waals surface area contributed by atoms with E-state index < -0.39 is 0 Å². The van der Waals surface area contributed by atoms with Gasteiger partial charge < -0.3 is 15.2 Å². The van der Waals surface area contributed by atoms with Crippen molar-refractivity contribution in [3.05, 3.63) is 41.4 Å². The number of likely N-dealkylation sites (N-methyl/N-ethyl adjacent to an activating group) is 1. The summed E-state index contributed by atoms with van der Waals surface area (Å²) < 4.78 is 2.33. The number of hydrogen-bond acceptors (Lipinski definition) is 2. The summed E-state index contributed by atoms with van der Waals surface area (Å²) in [4.78, 5) is 2.19. The van der Waals surface area contributed by atoms with Gasteiger partial charge in [-0.05, 0) is 50.5 Å². The largest absolute Gasteiger partial charge is 0.399 e. The van der Waals surface area contributed by atoms with Gasteiger partial charge in [0.1, 0.15) is 0 Å². The summed E-state index contributed by atoms with van der Waals surface area (Å²) in [6.07, 6.45) is 0. The summed E-state index contributed by atoms with van der Waals surface area (Å²) in [5.41, 5.74) is 9.13. The Bertz CT molecular complexity index is 722. The second-order valence-electron chi connectivity index (χ2n) is 5.39. The molecule has 0 aliphatic rings. The molecule has 0 unspecified atom stereocenters. The topological polar surface area (TPSA) is 34.2 Å². The minimum absolute atomic E-state index is 0. The van der Waals surface area contributed by atoms with Crippen molar-refractivity contribution in [2.45, 2.75) is 6.54 Å². The van der Waals surface area contributed by atoms with Crippen LogP contribution in [-0.4, -0.2) is 30.1 Å². The van der Waals surface area contributed by atoms with Gasteiger partial charge in [-0.2, -0.15) is 0 Å². The smallest absolute Gasteiger partial charge is 0.0493 e. The Morgan fingerprint density at radius 2 is 1.59 bits per heavy atom. The molecule has 0 amide bonds. The van der Waals surface area contributed by atoms with Gasteiger partial charge in [0.25, 0.3) is 0 Å². The molecule has 22 heavy (non-hydrogen) atoms. The number of benzene rings is 2. The highest BCUT2D eigenvalue weighted by Gasteiger charge is 2.11. The fourth-order valence-corrected chi connectivity index (χ4v) is 2.81. The molecule has 0 atom stereocenters. The van der Waals surface area contributed by atoms with Crippen molar-refractivity contribution < 1.29 is 0 Å². The molecular formula is C16H20Cl3N3. The number of nitrogens with two attached hydrogens (primary N) is 1. The van der Waals surface area contributed by atoms with Crippen LogP contribution in [0.5, 0.6) is 0 Å².